The Labute approximate surface area is 208 Å². The summed E-state index contributed by atoms with van der Waals surface area (Å²) in [7, 11) is 1.56. The highest BCUT2D eigenvalue weighted by molar-refractivity contribution is 6.39. The molecule has 4 rings (SSSR count). The zero-order valence-corrected chi connectivity index (χ0v) is 20.3. The van der Waals surface area contributed by atoms with Crippen LogP contribution < -0.4 is 30.2 Å². The second-order valence-corrected chi connectivity index (χ2v) is 8.46. The molecular formula is C26H29FN4O5. The highest BCUT2D eigenvalue weighted by Gasteiger charge is 2.21. The van der Waals surface area contributed by atoms with Crippen LogP contribution in [0.1, 0.15) is 19.8 Å². The van der Waals surface area contributed by atoms with Crippen LogP contribution in [0.4, 0.5) is 10.1 Å². The van der Waals surface area contributed by atoms with Crippen molar-refractivity contribution < 1.29 is 28.2 Å². The number of likely N-dealkylation sites (N-methyl/N-ethyl adjacent to an activating group) is 1. The number of methoxy groups -OCH3 is 1. The molecule has 10 heteroatoms. The monoisotopic (exact) mass is 496 g/mol. The predicted octanol–water partition coefficient (Wildman–Crippen LogP) is 3.39. The van der Waals surface area contributed by atoms with E-state index in [4.69, 9.17) is 19.9 Å². The van der Waals surface area contributed by atoms with E-state index in [1.54, 1.807) is 38.4 Å². The molecule has 0 saturated carbocycles. The summed E-state index contributed by atoms with van der Waals surface area (Å²) in [4.78, 5) is 28.8. The van der Waals surface area contributed by atoms with Crippen LogP contribution in [-0.2, 0) is 9.59 Å². The largest absolute Gasteiger partial charge is 0.493 e. The Balaban J connectivity index is 1.58. The number of nitrogens with zero attached hydrogens (tertiary/aromatic N) is 2. The summed E-state index contributed by atoms with van der Waals surface area (Å²) >= 11 is 0. The topological polar surface area (TPSA) is 116 Å². The van der Waals surface area contributed by atoms with Gasteiger partial charge in [0.25, 0.3) is 0 Å². The molecule has 2 heterocycles. The molecule has 190 valence electrons. The van der Waals surface area contributed by atoms with Crippen molar-refractivity contribution in [3.63, 3.8) is 0 Å². The van der Waals surface area contributed by atoms with E-state index < -0.39 is 17.6 Å². The number of ether oxygens (including phenoxy) is 3. The number of amides is 2. The number of pyridine rings is 1. The summed E-state index contributed by atoms with van der Waals surface area (Å²) in [5.74, 6) is -0.848. The summed E-state index contributed by atoms with van der Waals surface area (Å²) in [6.45, 7) is 4.37. The molecule has 2 amide bonds. The van der Waals surface area contributed by atoms with Gasteiger partial charge >= 0.3 is 11.8 Å². The number of fused-ring (bicyclic) bond motifs is 1. The molecule has 3 aromatic rings. The van der Waals surface area contributed by atoms with E-state index in [0.717, 1.165) is 36.9 Å². The fraction of sp³-hybridized carbons (Fsp3) is 0.346. The van der Waals surface area contributed by atoms with Crippen molar-refractivity contribution in [1.29, 1.82) is 0 Å². The van der Waals surface area contributed by atoms with Crippen LogP contribution in [0.3, 0.4) is 0 Å². The van der Waals surface area contributed by atoms with Crippen LogP contribution in [0, 0.1) is 11.7 Å². The standard InChI is InChI=1S/C26H29FN4O5/c1-3-31(26(33)25(28)32)17-4-5-22(19(27)12-17)36-21-8-11-30-20-14-24(23(34-2)13-18(20)21)35-15-16-6-9-29-10-7-16/h4-5,8,11-14,16,29H,3,6-7,9-10,15H2,1-2H3,(H2,28,32). The molecule has 1 aliphatic heterocycles. The molecule has 36 heavy (non-hydrogen) atoms. The Morgan fingerprint density at radius 2 is 1.89 bits per heavy atom. The van der Waals surface area contributed by atoms with E-state index in [2.05, 4.69) is 10.3 Å². The van der Waals surface area contributed by atoms with Crippen molar-refractivity contribution in [2.24, 2.45) is 11.7 Å². The summed E-state index contributed by atoms with van der Waals surface area (Å²) in [5, 5.41) is 3.96. The van der Waals surface area contributed by atoms with Gasteiger partial charge in [-0.05, 0) is 63.0 Å². The Morgan fingerprint density at radius 1 is 1.11 bits per heavy atom. The lowest BCUT2D eigenvalue weighted by Gasteiger charge is -2.23. The highest BCUT2D eigenvalue weighted by atomic mass is 19.1. The number of carbonyl (C=O) groups excluding carboxylic acids is 2. The normalized spacial score (nSPS) is 13.9. The van der Waals surface area contributed by atoms with Gasteiger partial charge in [0.15, 0.2) is 23.1 Å². The number of rotatable bonds is 8. The van der Waals surface area contributed by atoms with Crippen molar-refractivity contribution in [3.05, 3.63) is 48.4 Å². The zero-order chi connectivity index (χ0) is 25.7. The van der Waals surface area contributed by atoms with Crippen LogP contribution in [-0.4, -0.2) is 50.1 Å². The van der Waals surface area contributed by atoms with E-state index >= 15 is 0 Å². The number of aromatic nitrogens is 1. The number of halogens is 1. The van der Waals surface area contributed by atoms with Gasteiger partial charge in [-0.25, -0.2) is 4.39 Å². The molecule has 0 radical (unpaired) electrons. The summed E-state index contributed by atoms with van der Waals surface area (Å²) in [6, 6.07) is 9.17. The number of anilines is 1. The summed E-state index contributed by atoms with van der Waals surface area (Å²) in [6.07, 6.45) is 3.68. The average Bonchev–Trinajstić information content (AvgIpc) is 2.89. The number of piperidine rings is 1. The third-order valence-corrected chi connectivity index (χ3v) is 6.14. The van der Waals surface area contributed by atoms with E-state index in [-0.39, 0.29) is 18.0 Å². The molecule has 3 N–H and O–H groups in total. The smallest absolute Gasteiger partial charge is 0.316 e. The van der Waals surface area contributed by atoms with Gasteiger partial charge in [-0.2, -0.15) is 0 Å². The van der Waals surface area contributed by atoms with Crippen LogP contribution in [0.15, 0.2) is 42.6 Å². The molecule has 1 saturated heterocycles. The van der Waals surface area contributed by atoms with E-state index in [0.29, 0.717) is 40.7 Å². The molecule has 1 aromatic heterocycles. The van der Waals surface area contributed by atoms with Gasteiger partial charge in [0.1, 0.15) is 5.75 Å². The Hall–Kier alpha value is -3.92. The molecule has 0 aliphatic carbocycles. The Kier molecular flexibility index (Phi) is 7.84. The number of primary amides is 1. The maximum absolute atomic E-state index is 14.9. The molecule has 0 spiro atoms. The number of carbonyl (C=O) groups is 2. The lowest BCUT2D eigenvalue weighted by atomic mass is 9.99. The minimum Gasteiger partial charge on any atom is -0.493 e. The Bertz CT molecular complexity index is 1260. The van der Waals surface area contributed by atoms with E-state index in [1.165, 1.54) is 12.1 Å². The minimum atomic E-state index is -1.12. The molecule has 9 nitrogen and oxygen atoms in total. The lowest BCUT2D eigenvalue weighted by Crippen LogP contribution is -2.40. The second kappa shape index (κ2) is 11.2. The number of hydrogen-bond acceptors (Lipinski definition) is 7. The van der Waals surface area contributed by atoms with Gasteiger partial charge in [-0.1, -0.05) is 0 Å². The highest BCUT2D eigenvalue weighted by Crippen LogP contribution is 2.38. The third-order valence-electron chi connectivity index (χ3n) is 6.14. The third kappa shape index (κ3) is 5.49. The number of hydrogen-bond donors (Lipinski definition) is 2. The minimum absolute atomic E-state index is 0.0565. The van der Waals surface area contributed by atoms with Crippen LogP contribution in [0.5, 0.6) is 23.0 Å². The molecule has 0 unspecified atom stereocenters. The van der Waals surface area contributed by atoms with Crippen LogP contribution in [0.2, 0.25) is 0 Å². The van der Waals surface area contributed by atoms with Gasteiger partial charge in [-0.15, -0.1) is 0 Å². The van der Waals surface area contributed by atoms with Crippen LogP contribution >= 0.6 is 0 Å². The fourth-order valence-electron chi connectivity index (χ4n) is 4.18. The first kappa shape index (κ1) is 25.2. The molecule has 0 atom stereocenters. The van der Waals surface area contributed by atoms with Crippen molar-refractivity contribution in [2.45, 2.75) is 19.8 Å². The van der Waals surface area contributed by atoms with E-state index in [1.807, 2.05) is 0 Å². The quantitative estimate of drug-likeness (QED) is 0.459. The van der Waals surface area contributed by atoms with Gasteiger partial charge in [0.2, 0.25) is 0 Å². The predicted molar refractivity (Wildman–Crippen MR) is 133 cm³/mol. The van der Waals surface area contributed by atoms with Crippen molar-refractivity contribution in [2.75, 3.05) is 38.3 Å². The maximum Gasteiger partial charge on any atom is 0.316 e. The first-order chi connectivity index (χ1) is 17.4. The fourth-order valence-corrected chi connectivity index (χ4v) is 4.18. The zero-order valence-electron chi connectivity index (χ0n) is 20.3. The molecule has 1 aliphatic rings. The average molecular weight is 497 g/mol. The number of nitrogens with one attached hydrogen (secondary N) is 1. The van der Waals surface area contributed by atoms with Crippen LogP contribution in [0.25, 0.3) is 10.9 Å². The van der Waals surface area contributed by atoms with Crippen molar-refractivity contribution in [3.8, 4) is 23.0 Å². The first-order valence-corrected chi connectivity index (χ1v) is 11.8. The number of nitrogens with two attached hydrogens (primary N) is 1. The summed E-state index contributed by atoms with van der Waals surface area (Å²) in [5.41, 5.74) is 5.89. The van der Waals surface area contributed by atoms with Gasteiger partial charge in [-0.3, -0.25) is 14.6 Å². The maximum atomic E-state index is 14.9. The second-order valence-electron chi connectivity index (χ2n) is 8.46. The van der Waals surface area contributed by atoms with Gasteiger partial charge in [0, 0.05) is 35.9 Å². The van der Waals surface area contributed by atoms with Gasteiger partial charge < -0.3 is 30.2 Å². The SMILES string of the molecule is CCN(C(=O)C(N)=O)c1ccc(Oc2ccnc3cc(OCC4CCNCC4)c(OC)cc23)c(F)c1. The molecular weight excluding hydrogens is 467 g/mol. The lowest BCUT2D eigenvalue weighted by molar-refractivity contribution is -0.135. The van der Waals surface area contributed by atoms with E-state index in [9.17, 15) is 14.0 Å². The first-order valence-electron chi connectivity index (χ1n) is 11.8. The van der Waals surface area contributed by atoms with Gasteiger partial charge in [0.05, 0.1) is 19.2 Å². The molecule has 1 fully saturated rings. The Morgan fingerprint density at radius 3 is 2.56 bits per heavy atom. The van der Waals surface area contributed by atoms with Crippen molar-refractivity contribution in [1.82, 2.24) is 10.3 Å². The molecule has 2 aromatic carbocycles. The van der Waals surface area contributed by atoms with Crippen molar-refractivity contribution >= 4 is 28.4 Å². The molecule has 0 bridgehead atoms. The summed E-state index contributed by atoms with van der Waals surface area (Å²) < 4.78 is 32.4. The number of benzene rings is 2.